The Kier molecular flexibility index (Phi) is 8.62. The van der Waals surface area contributed by atoms with Crippen molar-refractivity contribution in [2.24, 2.45) is 0 Å². The molecule has 9 nitrogen and oxygen atoms in total. The zero-order chi connectivity index (χ0) is 28.9. The van der Waals surface area contributed by atoms with Gasteiger partial charge in [0.25, 0.3) is 0 Å². The molecule has 0 aromatic heterocycles. The van der Waals surface area contributed by atoms with Crippen molar-refractivity contribution >= 4 is 21.7 Å². The first-order valence-electron chi connectivity index (χ1n) is 12.1. The molecule has 1 saturated heterocycles. The van der Waals surface area contributed by atoms with Crippen molar-refractivity contribution in [1.82, 2.24) is 4.90 Å². The molecule has 13 heteroatoms. The zero-order valence-corrected chi connectivity index (χ0v) is 22.5. The summed E-state index contributed by atoms with van der Waals surface area (Å²) in [6.45, 7) is 2.21. The van der Waals surface area contributed by atoms with Gasteiger partial charge in [0.05, 0.1) is 20.6 Å². The summed E-state index contributed by atoms with van der Waals surface area (Å²) in [6.07, 6.45) is -4.65. The zero-order valence-electron chi connectivity index (χ0n) is 21.7. The van der Waals surface area contributed by atoms with Gasteiger partial charge in [-0.05, 0) is 66.2 Å². The summed E-state index contributed by atoms with van der Waals surface area (Å²) in [5, 5.41) is 0. The summed E-state index contributed by atoms with van der Waals surface area (Å²) in [4.78, 5) is 16.4. The molecule has 1 aliphatic rings. The van der Waals surface area contributed by atoms with E-state index in [0.717, 1.165) is 35.5 Å². The van der Waals surface area contributed by atoms with E-state index in [1.54, 1.807) is 43.4 Å². The van der Waals surface area contributed by atoms with Gasteiger partial charge in [-0.3, -0.25) is 4.79 Å². The number of hydrogen-bond acceptors (Lipinski definition) is 8. The summed E-state index contributed by atoms with van der Waals surface area (Å²) in [7, 11) is -1.18. The van der Waals surface area contributed by atoms with Gasteiger partial charge in [0.2, 0.25) is 5.91 Å². The molecule has 0 aliphatic carbocycles. The Bertz CT molecular complexity index is 1420. The molecule has 0 saturated carbocycles. The second-order valence-corrected chi connectivity index (χ2v) is 10.3. The van der Waals surface area contributed by atoms with E-state index in [1.807, 2.05) is 6.07 Å². The van der Waals surface area contributed by atoms with E-state index in [-0.39, 0.29) is 23.0 Å². The lowest BCUT2D eigenvalue weighted by Crippen LogP contribution is -2.49. The fraction of sp³-hybridized carbons (Fsp3) is 0.296. The Morgan fingerprint density at radius 3 is 2.00 bits per heavy atom. The number of halogens is 3. The van der Waals surface area contributed by atoms with E-state index in [4.69, 9.17) is 13.7 Å². The third-order valence-corrected chi connectivity index (χ3v) is 7.45. The molecule has 40 heavy (non-hydrogen) atoms. The maximum Gasteiger partial charge on any atom is 0.573 e. The van der Waals surface area contributed by atoms with E-state index in [1.165, 1.54) is 12.1 Å². The van der Waals surface area contributed by atoms with Crippen LogP contribution in [0.15, 0.2) is 71.6 Å². The fourth-order valence-electron chi connectivity index (χ4n) is 4.19. The minimum absolute atomic E-state index is 0.00109. The van der Waals surface area contributed by atoms with Gasteiger partial charge in [-0.2, -0.15) is 8.42 Å². The van der Waals surface area contributed by atoms with Crippen LogP contribution < -0.4 is 23.3 Å². The highest BCUT2D eigenvalue weighted by Crippen LogP contribution is 2.29. The maximum absolute atomic E-state index is 12.8. The van der Waals surface area contributed by atoms with Gasteiger partial charge in [-0.1, -0.05) is 6.07 Å². The lowest BCUT2D eigenvalue weighted by molar-refractivity contribution is -0.274. The van der Waals surface area contributed by atoms with Crippen LogP contribution in [0.1, 0.15) is 5.56 Å². The Hall–Kier alpha value is -4.13. The van der Waals surface area contributed by atoms with E-state index in [2.05, 4.69) is 9.64 Å². The van der Waals surface area contributed by atoms with Gasteiger partial charge in [0.1, 0.15) is 16.4 Å². The van der Waals surface area contributed by atoms with E-state index in [9.17, 15) is 26.4 Å². The van der Waals surface area contributed by atoms with E-state index in [0.29, 0.717) is 37.7 Å². The Morgan fingerprint density at radius 1 is 0.825 bits per heavy atom. The van der Waals surface area contributed by atoms with Crippen molar-refractivity contribution in [3.05, 3.63) is 72.3 Å². The topological polar surface area (TPSA) is 94.6 Å². The van der Waals surface area contributed by atoms with Gasteiger partial charge in [0, 0.05) is 31.9 Å². The number of benzene rings is 3. The molecule has 1 heterocycles. The molecule has 0 bridgehead atoms. The van der Waals surface area contributed by atoms with E-state index < -0.39 is 22.2 Å². The number of rotatable bonds is 9. The largest absolute Gasteiger partial charge is 0.573 e. The SMILES string of the molecule is COc1ccc(CC(=O)N2CCN(c3ccc(OS(=O)(=O)c4ccc(OC(F)(F)F)cc4)cc3)CC2)cc1OC. The number of ether oxygens (including phenoxy) is 3. The number of hydrogen-bond donors (Lipinski definition) is 0. The Labute approximate surface area is 229 Å². The molecular weight excluding hydrogens is 553 g/mol. The first-order valence-corrected chi connectivity index (χ1v) is 13.5. The van der Waals surface area contributed by atoms with Gasteiger partial charge in [0.15, 0.2) is 11.5 Å². The molecule has 0 spiro atoms. The fourth-order valence-corrected chi connectivity index (χ4v) is 5.12. The first-order chi connectivity index (χ1) is 19.0. The van der Waals surface area contributed by atoms with Crippen LogP contribution in [0, 0.1) is 0 Å². The number of nitrogens with zero attached hydrogens (tertiary/aromatic N) is 2. The number of alkyl halides is 3. The Balaban J connectivity index is 1.31. The predicted octanol–water partition coefficient (Wildman–Crippen LogP) is 4.26. The van der Waals surface area contributed by atoms with Gasteiger partial charge in [-0.25, -0.2) is 0 Å². The van der Waals surface area contributed by atoms with Crippen molar-refractivity contribution in [1.29, 1.82) is 0 Å². The molecule has 1 aliphatic heterocycles. The summed E-state index contributed by atoms with van der Waals surface area (Å²) in [6, 6.07) is 15.5. The molecule has 0 radical (unpaired) electrons. The number of carbonyl (C=O) groups is 1. The van der Waals surface area contributed by atoms with Crippen LogP contribution in [0.25, 0.3) is 0 Å². The molecule has 1 fully saturated rings. The average molecular weight is 581 g/mol. The molecule has 3 aromatic rings. The second-order valence-electron chi connectivity index (χ2n) is 8.78. The number of methoxy groups -OCH3 is 2. The first kappa shape index (κ1) is 28.9. The molecule has 4 rings (SSSR count). The predicted molar refractivity (Wildman–Crippen MR) is 139 cm³/mol. The number of carbonyl (C=O) groups excluding carboxylic acids is 1. The van der Waals surface area contributed by atoms with Crippen molar-refractivity contribution < 1.29 is 44.8 Å². The highest BCUT2D eigenvalue weighted by molar-refractivity contribution is 7.87. The monoisotopic (exact) mass is 580 g/mol. The van der Waals surface area contributed by atoms with Crippen molar-refractivity contribution in [2.75, 3.05) is 45.3 Å². The number of anilines is 1. The second kappa shape index (κ2) is 11.9. The summed E-state index contributed by atoms with van der Waals surface area (Å²) >= 11 is 0. The Morgan fingerprint density at radius 2 is 1.43 bits per heavy atom. The highest BCUT2D eigenvalue weighted by atomic mass is 32.2. The van der Waals surface area contributed by atoms with Crippen LogP contribution >= 0.6 is 0 Å². The number of amides is 1. The van der Waals surface area contributed by atoms with Crippen LogP contribution in [-0.4, -0.2) is 66.0 Å². The standard InChI is InChI=1S/C27H27F3N2O7S/c1-36-24-12-3-19(17-25(24)37-2)18-26(33)32-15-13-31(14-16-32)20-4-6-22(7-5-20)39-40(34,35)23-10-8-21(9-11-23)38-27(28,29)30/h3-12,17H,13-16,18H2,1-2H3. The van der Waals surface area contributed by atoms with Gasteiger partial charge < -0.3 is 28.2 Å². The van der Waals surface area contributed by atoms with Crippen molar-refractivity contribution in [3.8, 4) is 23.0 Å². The van der Waals surface area contributed by atoms with Crippen LogP contribution in [0.5, 0.6) is 23.0 Å². The highest BCUT2D eigenvalue weighted by Gasteiger charge is 2.31. The third kappa shape index (κ3) is 7.29. The minimum atomic E-state index is -4.88. The molecule has 214 valence electrons. The molecular formula is C27H27F3N2O7S. The lowest BCUT2D eigenvalue weighted by atomic mass is 10.1. The molecule has 0 atom stereocenters. The van der Waals surface area contributed by atoms with Gasteiger partial charge >= 0.3 is 16.5 Å². The smallest absolute Gasteiger partial charge is 0.493 e. The molecule has 1 amide bonds. The quantitative estimate of drug-likeness (QED) is 0.347. The average Bonchev–Trinajstić information content (AvgIpc) is 2.92. The summed E-state index contributed by atoms with van der Waals surface area (Å²) in [5.41, 5.74) is 1.64. The maximum atomic E-state index is 12.8. The summed E-state index contributed by atoms with van der Waals surface area (Å²) < 4.78 is 81.4. The lowest BCUT2D eigenvalue weighted by Gasteiger charge is -2.36. The van der Waals surface area contributed by atoms with Crippen LogP contribution in [0.4, 0.5) is 18.9 Å². The molecule has 0 unspecified atom stereocenters. The van der Waals surface area contributed by atoms with Crippen LogP contribution in [0.2, 0.25) is 0 Å². The normalized spacial score (nSPS) is 14.0. The molecule has 3 aromatic carbocycles. The van der Waals surface area contributed by atoms with Crippen LogP contribution in [-0.2, 0) is 21.3 Å². The van der Waals surface area contributed by atoms with Crippen molar-refractivity contribution in [3.63, 3.8) is 0 Å². The number of piperazine rings is 1. The third-order valence-electron chi connectivity index (χ3n) is 6.19. The van der Waals surface area contributed by atoms with E-state index >= 15 is 0 Å². The van der Waals surface area contributed by atoms with Crippen molar-refractivity contribution in [2.45, 2.75) is 17.7 Å². The summed E-state index contributed by atoms with van der Waals surface area (Å²) in [5.74, 6) is 0.654. The van der Waals surface area contributed by atoms with Gasteiger partial charge in [-0.15, -0.1) is 13.2 Å². The molecule has 0 N–H and O–H groups in total. The van der Waals surface area contributed by atoms with Crippen LogP contribution in [0.3, 0.4) is 0 Å². The minimum Gasteiger partial charge on any atom is -0.493 e.